The summed E-state index contributed by atoms with van der Waals surface area (Å²) in [6.07, 6.45) is 4.54. The number of anilines is 1. The van der Waals surface area contributed by atoms with Gasteiger partial charge in [0.05, 0.1) is 0 Å². The van der Waals surface area contributed by atoms with Crippen LogP contribution in [0.15, 0.2) is 29.3 Å². The van der Waals surface area contributed by atoms with E-state index in [4.69, 9.17) is 0 Å². The second-order valence-corrected chi connectivity index (χ2v) is 9.53. The molecule has 3 aliphatic rings. The van der Waals surface area contributed by atoms with Crippen molar-refractivity contribution in [2.45, 2.75) is 44.3 Å². The first-order valence-electron chi connectivity index (χ1n) is 10.7. The zero-order valence-electron chi connectivity index (χ0n) is 17.3. The molecule has 1 aromatic carbocycles. The Bertz CT molecular complexity index is 848. The molecule has 4 rings (SSSR count). The standard InChI is InChI=1S/C22H28N4O3S/c1-15-5-4-12-26(14-15)21(29)16-6-8-17(9-7-16)23-19(27)13-18-20(28)24-22(30-18)25-10-2-3-11-25/h6-9,15,18H,2-5,10-14H2,1H3,(H,23,27)/t15-,18+/m0/s1. The van der Waals surface area contributed by atoms with Gasteiger partial charge in [0, 0.05) is 43.9 Å². The maximum absolute atomic E-state index is 12.7. The van der Waals surface area contributed by atoms with E-state index in [0.29, 0.717) is 17.2 Å². The number of carbonyl (C=O) groups excluding carboxylic acids is 3. The van der Waals surface area contributed by atoms with Crippen molar-refractivity contribution in [2.75, 3.05) is 31.5 Å². The van der Waals surface area contributed by atoms with Crippen LogP contribution in [0, 0.1) is 5.92 Å². The Morgan fingerprint density at radius 2 is 1.87 bits per heavy atom. The van der Waals surface area contributed by atoms with Gasteiger partial charge >= 0.3 is 0 Å². The van der Waals surface area contributed by atoms with Gasteiger partial charge < -0.3 is 15.1 Å². The number of carbonyl (C=O) groups is 3. The number of rotatable bonds is 4. The molecule has 7 nitrogen and oxygen atoms in total. The maximum Gasteiger partial charge on any atom is 0.262 e. The third kappa shape index (κ3) is 4.86. The smallest absolute Gasteiger partial charge is 0.262 e. The first-order valence-corrected chi connectivity index (χ1v) is 11.6. The van der Waals surface area contributed by atoms with Gasteiger partial charge in [0.1, 0.15) is 5.25 Å². The van der Waals surface area contributed by atoms with Crippen LogP contribution in [0.5, 0.6) is 0 Å². The Labute approximate surface area is 181 Å². The van der Waals surface area contributed by atoms with Crippen molar-refractivity contribution in [3.63, 3.8) is 0 Å². The second kappa shape index (κ2) is 9.20. The Morgan fingerprint density at radius 3 is 2.57 bits per heavy atom. The molecule has 2 fully saturated rings. The maximum atomic E-state index is 12.7. The van der Waals surface area contributed by atoms with Crippen molar-refractivity contribution in [3.8, 4) is 0 Å². The first kappa shape index (κ1) is 20.9. The van der Waals surface area contributed by atoms with Crippen molar-refractivity contribution < 1.29 is 14.4 Å². The molecule has 0 bridgehead atoms. The molecule has 1 aromatic rings. The number of hydrogen-bond acceptors (Lipinski definition) is 5. The number of piperidine rings is 1. The molecule has 0 radical (unpaired) electrons. The van der Waals surface area contributed by atoms with Crippen LogP contribution >= 0.6 is 11.8 Å². The largest absolute Gasteiger partial charge is 0.351 e. The number of nitrogens with zero attached hydrogens (tertiary/aromatic N) is 3. The number of benzene rings is 1. The molecule has 3 amide bonds. The predicted octanol–water partition coefficient (Wildman–Crippen LogP) is 2.98. The summed E-state index contributed by atoms with van der Waals surface area (Å²) in [5.74, 6) is 0.128. The Kier molecular flexibility index (Phi) is 6.41. The van der Waals surface area contributed by atoms with E-state index in [1.54, 1.807) is 24.3 Å². The van der Waals surface area contributed by atoms with Gasteiger partial charge in [-0.1, -0.05) is 18.7 Å². The molecule has 2 saturated heterocycles. The van der Waals surface area contributed by atoms with Gasteiger partial charge in [0.2, 0.25) is 5.91 Å². The van der Waals surface area contributed by atoms with E-state index in [9.17, 15) is 14.4 Å². The summed E-state index contributed by atoms with van der Waals surface area (Å²) < 4.78 is 0. The number of thioether (sulfide) groups is 1. The van der Waals surface area contributed by atoms with Crippen LogP contribution in [0.2, 0.25) is 0 Å². The number of nitrogens with one attached hydrogen (secondary N) is 1. The van der Waals surface area contributed by atoms with Gasteiger partial charge in [0.15, 0.2) is 5.17 Å². The van der Waals surface area contributed by atoms with E-state index in [2.05, 4.69) is 22.1 Å². The zero-order valence-corrected chi connectivity index (χ0v) is 18.1. The van der Waals surface area contributed by atoms with Crippen LogP contribution in [0.1, 0.15) is 49.4 Å². The third-order valence-electron chi connectivity index (χ3n) is 5.84. The molecule has 0 aliphatic carbocycles. The molecule has 2 atom stereocenters. The van der Waals surface area contributed by atoms with Crippen molar-refractivity contribution in [3.05, 3.63) is 29.8 Å². The highest BCUT2D eigenvalue weighted by Crippen LogP contribution is 2.29. The summed E-state index contributed by atoms with van der Waals surface area (Å²) in [5, 5.41) is 3.13. The lowest BCUT2D eigenvalue weighted by Gasteiger charge is -2.31. The minimum atomic E-state index is -0.456. The fraction of sp³-hybridized carbons (Fsp3) is 0.545. The normalized spacial score (nSPS) is 24.2. The summed E-state index contributed by atoms with van der Waals surface area (Å²) in [6.45, 7) is 5.63. The average Bonchev–Trinajstić information content (AvgIpc) is 3.38. The Balaban J connectivity index is 1.29. The molecule has 3 aliphatic heterocycles. The van der Waals surface area contributed by atoms with Crippen molar-refractivity contribution in [1.29, 1.82) is 0 Å². The van der Waals surface area contributed by atoms with E-state index in [1.165, 1.54) is 18.2 Å². The van der Waals surface area contributed by atoms with Crippen molar-refractivity contribution in [1.82, 2.24) is 9.80 Å². The highest BCUT2D eigenvalue weighted by Gasteiger charge is 2.33. The third-order valence-corrected chi connectivity index (χ3v) is 7.05. The van der Waals surface area contributed by atoms with E-state index in [0.717, 1.165) is 50.6 Å². The average molecular weight is 429 g/mol. The van der Waals surface area contributed by atoms with Crippen LogP contribution in [0.3, 0.4) is 0 Å². The number of amides is 3. The molecule has 0 unspecified atom stereocenters. The number of amidine groups is 1. The lowest BCUT2D eigenvalue weighted by Crippen LogP contribution is -2.39. The van der Waals surface area contributed by atoms with Crippen molar-refractivity contribution in [2.24, 2.45) is 10.9 Å². The molecule has 30 heavy (non-hydrogen) atoms. The fourth-order valence-corrected chi connectivity index (χ4v) is 5.30. The summed E-state index contributed by atoms with van der Waals surface area (Å²) in [4.78, 5) is 45.4. The molecule has 0 spiro atoms. The second-order valence-electron chi connectivity index (χ2n) is 8.36. The lowest BCUT2D eigenvalue weighted by molar-refractivity contribution is -0.121. The molecule has 3 heterocycles. The van der Waals surface area contributed by atoms with Crippen LogP contribution in [-0.4, -0.2) is 64.1 Å². The zero-order chi connectivity index (χ0) is 21.1. The summed E-state index contributed by atoms with van der Waals surface area (Å²) in [5.41, 5.74) is 1.26. The van der Waals surface area contributed by atoms with Crippen LogP contribution in [0.25, 0.3) is 0 Å². The predicted molar refractivity (Wildman–Crippen MR) is 119 cm³/mol. The highest BCUT2D eigenvalue weighted by molar-refractivity contribution is 8.15. The van der Waals surface area contributed by atoms with Gasteiger partial charge in [-0.15, -0.1) is 0 Å². The number of aliphatic imine (C=N–C) groups is 1. The van der Waals surface area contributed by atoms with Gasteiger partial charge in [0.25, 0.3) is 11.8 Å². The topological polar surface area (TPSA) is 82.1 Å². The Hall–Kier alpha value is -2.35. The first-order chi connectivity index (χ1) is 14.5. The summed E-state index contributed by atoms with van der Waals surface area (Å²) in [6, 6.07) is 6.99. The van der Waals surface area contributed by atoms with Gasteiger partial charge in [-0.2, -0.15) is 4.99 Å². The highest BCUT2D eigenvalue weighted by atomic mass is 32.2. The molecule has 1 N–H and O–H groups in total. The van der Waals surface area contributed by atoms with E-state index in [1.807, 2.05) is 4.90 Å². The van der Waals surface area contributed by atoms with Crippen LogP contribution < -0.4 is 5.32 Å². The monoisotopic (exact) mass is 428 g/mol. The molecule has 160 valence electrons. The molecule has 0 saturated carbocycles. The minimum absolute atomic E-state index is 0.0407. The molecule has 0 aromatic heterocycles. The molecule has 8 heteroatoms. The number of hydrogen-bond donors (Lipinski definition) is 1. The number of likely N-dealkylation sites (tertiary alicyclic amines) is 2. The minimum Gasteiger partial charge on any atom is -0.351 e. The van der Waals surface area contributed by atoms with E-state index >= 15 is 0 Å². The van der Waals surface area contributed by atoms with E-state index < -0.39 is 5.25 Å². The quantitative estimate of drug-likeness (QED) is 0.797. The summed E-state index contributed by atoms with van der Waals surface area (Å²) in [7, 11) is 0. The SMILES string of the molecule is C[C@H]1CCCN(C(=O)c2ccc(NC(=O)C[C@H]3SC(N4CCCC4)=NC3=O)cc2)C1. The Morgan fingerprint density at radius 1 is 1.13 bits per heavy atom. The van der Waals surface area contributed by atoms with Gasteiger partial charge in [-0.25, -0.2) is 0 Å². The molecular weight excluding hydrogens is 400 g/mol. The fourth-order valence-electron chi connectivity index (χ4n) is 4.19. The van der Waals surface area contributed by atoms with E-state index in [-0.39, 0.29) is 24.1 Å². The van der Waals surface area contributed by atoms with Crippen molar-refractivity contribution >= 4 is 40.3 Å². The summed E-state index contributed by atoms with van der Waals surface area (Å²) >= 11 is 1.39. The van der Waals surface area contributed by atoms with Gasteiger partial charge in [-0.3, -0.25) is 14.4 Å². The molecular formula is C22H28N4O3S. The van der Waals surface area contributed by atoms with Crippen LogP contribution in [0.4, 0.5) is 5.69 Å². The van der Waals surface area contributed by atoms with Gasteiger partial charge in [-0.05, 0) is 55.9 Å². The van der Waals surface area contributed by atoms with Crippen LogP contribution in [-0.2, 0) is 9.59 Å². The lowest BCUT2D eigenvalue weighted by atomic mass is 9.99.